The molecule has 0 spiro atoms. The summed E-state index contributed by atoms with van der Waals surface area (Å²) < 4.78 is 30.9. The van der Waals surface area contributed by atoms with E-state index in [-0.39, 0.29) is 48.6 Å². The van der Waals surface area contributed by atoms with Crippen LogP contribution in [0.3, 0.4) is 0 Å². The van der Waals surface area contributed by atoms with Gasteiger partial charge in [0.1, 0.15) is 0 Å². The molecule has 0 saturated heterocycles. The van der Waals surface area contributed by atoms with Crippen molar-refractivity contribution in [1.82, 2.24) is 0 Å². The summed E-state index contributed by atoms with van der Waals surface area (Å²) in [5.41, 5.74) is 0.560. The third-order valence-electron chi connectivity index (χ3n) is 2.04. The summed E-state index contributed by atoms with van der Waals surface area (Å²) in [5, 5.41) is 0. The number of rotatable bonds is 3. The molecule has 1 rings (SSSR count). The fraction of sp³-hybridized carbons (Fsp3) is 0.200. The van der Waals surface area contributed by atoms with Gasteiger partial charge in [0.2, 0.25) is 0 Å². The quantitative estimate of drug-likeness (QED) is 0.502. The molecule has 0 aromatic heterocycles. The Balaban J connectivity index is 0.00000196. The Labute approximate surface area is 120 Å². The molecule has 5 heteroatoms. The molecule has 1 unspecified atom stereocenters. The van der Waals surface area contributed by atoms with Crippen LogP contribution in [-0.2, 0) is 10.1 Å². The zero-order chi connectivity index (χ0) is 10.8. The topological polar surface area (TPSA) is 54.4 Å². The number of benzene rings is 1. The van der Waals surface area contributed by atoms with Gasteiger partial charge >= 0.3 is 37.7 Å². The zero-order valence-corrected chi connectivity index (χ0v) is 8.66. The molecule has 0 amide bonds. The van der Waals surface area contributed by atoms with E-state index in [1.165, 1.54) is 6.07 Å². The molecule has 3 nitrogen and oxygen atoms in total. The van der Waals surface area contributed by atoms with Crippen LogP contribution in [0.15, 0.2) is 41.8 Å². The SMILES string of the molecule is C=CC(C)c1ccccc1S(=O)(=O)O.[CaH2]. The van der Waals surface area contributed by atoms with E-state index in [1.807, 2.05) is 6.92 Å². The zero-order valence-electron chi connectivity index (χ0n) is 7.84. The summed E-state index contributed by atoms with van der Waals surface area (Å²) in [4.78, 5) is -0.0487. The Morgan fingerprint density at radius 1 is 1.40 bits per heavy atom. The van der Waals surface area contributed by atoms with Gasteiger partial charge in [0, 0.05) is 5.92 Å². The first-order valence-electron chi connectivity index (χ1n) is 4.15. The van der Waals surface area contributed by atoms with Crippen molar-refractivity contribution < 1.29 is 13.0 Å². The molecule has 15 heavy (non-hydrogen) atoms. The maximum atomic E-state index is 11.0. The second kappa shape index (κ2) is 6.01. The van der Waals surface area contributed by atoms with Crippen molar-refractivity contribution in [2.75, 3.05) is 0 Å². The molecule has 1 aromatic rings. The van der Waals surface area contributed by atoms with E-state index in [9.17, 15) is 8.42 Å². The number of hydrogen-bond donors (Lipinski definition) is 1. The Morgan fingerprint density at radius 3 is 2.40 bits per heavy atom. The van der Waals surface area contributed by atoms with Crippen LogP contribution in [0.1, 0.15) is 18.4 Å². The third-order valence-corrected chi connectivity index (χ3v) is 2.97. The molecule has 1 aromatic carbocycles. The van der Waals surface area contributed by atoms with E-state index < -0.39 is 10.1 Å². The predicted molar refractivity (Wildman–Crippen MR) is 63.4 cm³/mol. The van der Waals surface area contributed by atoms with Gasteiger partial charge in [-0.3, -0.25) is 4.55 Å². The van der Waals surface area contributed by atoms with Gasteiger partial charge in [-0.25, -0.2) is 0 Å². The monoisotopic (exact) mass is 254 g/mol. The molecule has 0 bridgehead atoms. The van der Waals surface area contributed by atoms with Crippen LogP contribution < -0.4 is 0 Å². The van der Waals surface area contributed by atoms with Crippen molar-refractivity contribution in [3.8, 4) is 0 Å². The van der Waals surface area contributed by atoms with Crippen LogP contribution in [0, 0.1) is 0 Å². The van der Waals surface area contributed by atoms with Crippen LogP contribution in [0.5, 0.6) is 0 Å². The van der Waals surface area contributed by atoms with Gasteiger partial charge in [-0.1, -0.05) is 31.2 Å². The fourth-order valence-corrected chi connectivity index (χ4v) is 2.02. The molecule has 1 N–H and O–H groups in total. The van der Waals surface area contributed by atoms with Crippen molar-refractivity contribution in [2.24, 2.45) is 0 Å². The van der Waals surface area contributed by atoms with E-state index in [4.69, 9.17) is 4.55 Å². The Hall–Kier alpha value is 0.130. The molecule has 0 radical (unpaired) electrons. The molecule has 0 saturated carbocycles. The Bertz CT molecular complexity index is 440. The minimum atomic E-state index is -4.14. The first-order valence-corrected chi connectivity index (χ1v) is 5.60. The van der Waals surface area contributed by atoms with Gasteiger partial charge in [-0.05, 0) is 11.6 Å². The summed E-state index contributed by atoms with van der Waals surface area (Å²) in [5.74, 6) is -0.104. The van der Waals surface area contributed by atoms with E-state index in [0.717, 1.165) is 0 Å². The minimum absolute atomic E-state index is 0. The van der Waals surface area contributed by atoms with Crippen LogP contribution in [0.4, 0.5) is 0 Å². The van der Waals surface area contributed by atoms with Crippen molar-refractivity contribution in [3.63, 3.8) is 0 Å². The van der Waals surface area contributed by atoms with Crippen LogP contribution in [0.2, 0.25) is 0 Å². The van der Waals surface area contributed by atoms with Crippen molar-refractivity contribution >= 4 is 47.9 Å². The molecule has 0 fully saturated rings. The summed E-state index contributed by atoms with van der Waals surface area (Å²) in [6.45, 7) is 5.40. The maximum absolute atomic E-state index is 11.0. The average molecular weight is 254 g/mol. The fourth-order valence-electron chi connectivity index (χ4n) is 1.22. The summed E-state index contributed by atoms with van der Waals surface area (Å²) in [6, 6.07) is 6.34. The van der Waals surface area contributed by atoms with Gasteiger partial charge in [0.15, 0.2) is 0 Å². The van der Waals surface area contributed by atoms with Crippen molar-refractivity contribution in [3.05, 3.63) is 42.5 Å². The molecular formula is C10H14CaO3S. The molecule has 0 aliphatic heterocycles. The number of hydrogen-bond acceptors (Lipinski definition) is 2. The van der Waals surface area contributed by atoms with Crippen molar-refractivity contribution in [1.29, 1.82) is 0 Å². The van der Waals surface area contributed by atoms with Gasteiger partial charge < -0.3 is 0 Å². The second-order valence-corrected chi connectivity index (χ2v) is 4.43. The first kappa shape index (κ1) is 15.1. The molecular weight excluding hydrogens is 240 g/mol. The Kier molecular flexibility index (Phi) is 6.06. The Morgan fingerprint density at radius 2 is 1.93 bits per heavy atom. The van der Waals surface area contributed by atoms with E-state index in [1.54, 1.807) is 24.3 Å². The van der Waals surface area contributed by atoms with Crippen LogP contribution in [0.25, 0.3) is 0 Å². The standard InChI is InChI=1S/C10H12O3S.Ca.2H/c1-3-8(2)9-6-4-5-7-10(9)14(11,12)13;;;/h3-8H,1H2,2H3,(H,11,12,13);;;. The molecule has 80 valence electrons. The normalized spacial score (nSPS) is 12.7. The van der Waals surface area contributed by atoms with Crippen LogP contribution in [-0.4, -0.2) is 50.7 Å². The molecule has 0 aliphatic carbocycles. The predicted octanol–water partition coefficient (Wildman–Crippen LogP) is 1.31. The van der Waals surface area contributed by atoms with Crippen molar-refractivity contribution in [2.45, 2.75) is 17.7 Å². The first-order chi connectivity index (χ1) is 6.46. The third kappa shape index (κ3) is 3.89. The second-order valence-electron chi connectivity index (χ2n) is 3.04. The molecule has 0 heterocycles. The molecule has 0 aliphatic rings. The van der Waals surface area contributed by atoms with E-state index >= 15 is 0 Å². The summed E-state index contributed by atoms with van der Waals surface area (Å²) in [6.07, 6.45) is 1.63. The van der Waals surface area contributed by atoms with Gasteiger partial charge in [-0.15, -0.1) is 6.58 Å². The van der Waals surface area contributed by atoms with E-state index in [0.29, 0.717) is 5.56 Å². The molecule has 1 atom stereocenters. The van der Waals surface area contributed by atoms with Gasteiger partial charge in [-0.2, -0.15) is 8.42 Å². The average Bonchev–Trinajstić information content (AvgIpc) is 2.15. The summed E-state index contributed by atoms with van der Waals surface area (Å²) in [7, 11) is -4.14. The summed E-state index contributed by atoms with van der Waals surface area (Å²) >= 11 is 0. The van der Waals surface area contributed by atoms with Gasteiger partial charge in [0.05, 0.1) is 4.90 Å². The van der Waals surface area contributed by atoms with E-state index in [2.05, 4.69) is 6.58 Å². The van der Waals surface area contributed by atoms with Gasteiger partial charge in [0.25, 0.3) is 10.1 Å². The van der Waals surface area contributed by atoms with Crippen LogP contribution >= 0.6 is 0 Å². The number of allylic oxidation sites excluding steroid dienone is 1.